The molecule has 0 spiro atoms. The van der Waals surface area contributed by atoms with Crippen molar-refractivity contribution in [2.24, 2.45) is 0 Å². The van der Waals surface area contributed by atoms with E-state index in [-0.39, 0.29) is 11.9 Å². The molecule has 0 saturated heterocycles. The molecule has 0 radical (unpaired) electrons. The number of benzene rings is 1. The Balaban J connectivity index is 1.65. The minimum atomic E-state index is -0.568. The van der Waals surface area contributed by atoms with E-state index in [1.54, 1.807) is 6.92 Å². The second-order valence-electron chi connectivity index (χ2n) is 7.15. The molecule has 1 aliphatic rings. The van der Waals surface area contributed by atoms with Crippen LogP contribution in [0.3, 0.4) is 0 Å². The third-order valence-electron chi connectivity index (χ3n) is 4.76. The lowest BCUT2D eigenvalue weighted by atomic mass is 10.0. The largest absolute Gasteiger partial charge is 0.481 e. The maximum atomic E-state index is 12.6. The summed E-state index contributed by atoms with van der Waals surface area (Å²) in [4.78, 5) is 17.2. The van der Waals surface area contributed by atoms with Crippen LogP contribution >= 0.6 is 0 Å². The molecule has 3 rings (SSSR count). The van der Waals surface area contributed by atoms with E-state index in [1.165, 1.54) is 5.56 Å². The molecule has 26 heavy (non-hydrogen) atoms. The van der Waals surface area contributed by atoms with E-state index in [1.807, 2.05) is 29.8 Å². The number of hydrogen-bond acceptors (Lipinski definition) is 4. The van der Waals surface area contributed by atoms with Gasteiger partial charge in [-0.1, -0.05) is 32.9 Å². The van der Waals surface area contributed by atoms with Crippen LogP contribution in [0.5, 0.6) is 5.75 Å². The monoisotopic (exact) mass is 356 g/mol. The molecule has 0 bridgehead atoms. The number of aryl methyl sites for hydroxylation is 2. The van der Waals surface area contributed by atoms with E-state index in [9.17, 15) is 4.79 Å². The normalized spacial score (nSPS) is 17.7. The summed E-state index contributed by atoms with van der Waals surface area (Å²) in [6.07, 6.45) is 2.09. The summed E-state index contributed by atoms with van der Waals surface area (Å²) in [5, 5.41) is 7.57. The van der Waals surface area contributed by atoms with Crippen molar-refractivity contribution in [1.82, 2.24) is 20.1 Å². The van der Waals surface area contributed by atoms with E-state index in [0.29, 0.717) is 5.92 Å². The standard InChI is InChI=1S/C20H28N4O2/c1-5-18-22-19-17(10-7-11-24(19)23-18)21-20(25)14(4)26-16-9-6-8-15(12-16)13(2)3/h6,8-9,12-14,17H,5,7,10-11H2,1-4H3,(H,21,25). The van der Waals surface area contributed by atoms with Crippen molar-refractivity contribution in [1.29, 1.82) is 0 Å². The molecule has 1 aliphatic heterocycles. The van der Waals surface area contributed by atoms with Gasteiger partial charge in [-0.05, 0) is 43.4 Å². The maximum Gasteiger partial charge on any atom is 0.261 e. The average Bonchev–Trinajstić information content (AvgIpc) is 3.06. The number of amides is 1. The number of fused-ring (bicyclic) bond motifs is 1. The molecule has 6 nitrogen and oxygen atoms in total. The van der Waals surface area contributed by atoms with Crippen molar-refractivity contribution in [3.63, 3.8) is 0 Å². The molecule has 2 heterocycles. The molecule has 6 heteroatoms. The highest BCUT2D eigenvalue weighted by Gasteiger charge is 2.27. The molecule has 1 aromatic heterocycles. The second kappa shape index (κ2) is 7.89. The number of aromatic nitrogens is 3. The molecule has 1 amide bonds. The molecular formula is C20H28N4O2. The van der Waals surface area contributed by atoms with Gasteiger partial charge < -0.3 is 10.1 Å². The van der Waals surface area contributed by atoms with Gasteiger partial charge in [0, 0.05) is 13.0 Å². The van der Waals surface area contributed by atoms with Gasteiger partial charge in [-0.3, -0.25) is 4.79 Å². The van der Waals surface area contributed by atoms with Gasteiger partial charge >= 0.3 is 0 Å². The van der Waals surface area contributed by atoms with Crippen LogP contribution in [0, 0.1) is 0 Å². The first kappa shape index (κ1) is 18.4. The topological polar surface area (TPSA) is 69.0 Å². The number of carbonyl (C=O) groups is 1. The van der Waals surface area contributed by atoms with Gasteiger partial charge in [0.25, 0.3) is 5.91 Å². The van der Waals surface area contributed by atoms with Gasteiger partial charge in [0.2, 0.25) is 0 Å². The quantitative estimate of drug-likeness (QED) is 0.861. The highest BCUT2D eigenvalue weighted by atomic mass is 16.5. The van der Waals surface area contributed by atoms with Crippen molar-refractivity contribution in [3.05, 3.63) is 41.5 Å². The Morgan fingerprint density at radius 2 is 2.19 bits per heavy atom. The SMILES string of the molecule is CCc1nc2n(n1)CCCC2NC(=O)C(C)Oc1cccc(C(C)C)c1. The van der Waals surface area contributed by atoms with Crippen LogP contribution in [0.1, 0.15) is 69.7 Å². The second-order valence-corrected chi connectivity index (χ2v) is 7.15. The van der Waals surface area contributed by atoms with E-state index in [2.05, 4.69) is 35.3 Å². The van der Waals surface area contributed by atoms with Crippen LogP contribution in [0.2, 0.25) is 0 Å². The Labute approximate surface area is 155 Å². The summed E-state index contributed by atoms with van der Waals surface area (Å²) in [7, 11) is 0. The predicted molar refractivity (Wildman–Crippen MR) is 100 cm³/mol. The van der Waals surface area contributed by atoms with Crippen molar-refractivity contribution >= 4 is 5.91 Å². The molecular weight excluding hydrogens is 328 g/mol. The van der Waals surface area contributed by atoms with Crippen LogP contribution in [-0.4, -0.2) is 26.8 Å². The molecule has 140 valence electrons. The fourth-order valence-electron chi connectivity index (χ4n) is 3.18. The lowest BCUT2D eigenvalue weighted by molar-refractivity contribution is -0.128. The molecule has 0 aliphatic carbocycles. The number of nitrogens with one attached hydrogen (secondary N) is 1. The van der Waals surface area contributed by atoms with E-state index < -0.39 is 6.10 Å². The van der Waals surface area contributed by atoms with Crippen LogP contribution in [-0.2, 0) is 17.8 Å². The van der Waals surface area contributed by atoms with Crippen molar-refractivity contribution in [3.8, 4) is 5.75 Å². The van der Waals surface area contributed by atoms with Gasteiger partial charge in [-0.25, -0.2) is 9.67 Å². The number of nitrogens with zero attached hydrogens (tertiary/aromatic N) is 3. The highest BCUT2D eigenvalue weighted by Crippen LogP contribution is 2.24. The number of ether oxygens (including phenoxy) is 1. The summed E-state index contributed by atoms with van der Waals surface area (Å²) in [5.74, 6) is 2.70. The van der Waals surface area contributed by atoms with Crippen molar-refractivity contribution in [2.45, 2.75) is 71.6 Å². The zero-order valence-electron chi connectivity index (χ0n) is 16.0. The van der Waals surface area contributed by atoms with E-state index in [0.717, 1.165) is 43.2 Å². The summed E-state index contributed by atoms with van der Waals surface area (Å²) in [5.41, 5.74) is 1.20. The van der Waals surface area contributed by atoms with Crippen LogP contribution < -0.4 is 10.1 Å². The van der Waals surface area contributed by atoms with Crippen LogP contribution in [0.4, 0.5) is 0 Å². The molecule has 0 saturated carbocycles. The van der Waals surface area contributed by atoms with Gasteiger partial charge in [-0.2, -0.15) is 5.10 Å². The Morgan fingerprint density at radius 3 is 2.92 bits per heavy atom. The lowest BCUT2D eigenvalue weighted by Gasteiger charge is -2.25. The smallest absolute Gasteiger partial charge is 0.261 e. The van der Waals surface area contributed by atoms with Gasteiger partial charge in [0.15, 0.2) is 11.9 Å². The van der Waals surface area contributed by atoms with Crippen LogP contribution in [0.25, 0.3) is 0 Å². The average molecular weight is 356 g/mol. The minimum absolute atomic E-state index is 0.0999. The fourth-order valence-corrected chi connectivity index (χ4v) is 3.18. The maximum absolute atomic E-state index is 12.6. The van der Waals surface area contributed by atoms with Crippen molar-refractivity contribution < 1.29 is 9.53 Å². The van der Waals surface area contributed by atoms with E-state index >= 15 is 0 Å². The zero-order chi connectivity index (χ0) is 18.7. The van der Waals surface area contributed by atoms with E-state index in [4.69, 9.17) is 4.74 Å². The highest BCUT2D eigenvalue weighted by molar-refractivity contribution is 5.81. The first-order valence-electron chi connectivity index (χ1n) is 9.48. The van der Waals surface area contributed by atoms with Crippen molar-refractivity contribution in [2.75, 3.05) is 0 Å². The molecule has 1 N–H and O–H groups in total. The Hall–Kier alpha value is -2.37. The lowest BCUT2D eigenvalue weighted by Crippen LogP contribution is -2.40. The molecule has 2 aromatic rings. The first-order valence-corrected chi connectivity index (χ1v) is 9.48. The Kier molecular flexibility index (Phi) is 5.59. The number of carbonyl (C=O) groups excluding carboxylic acids is 1. The van der Waals surface area contributed by atoms with Gasteiger partial charge in [0.05, 0.1) is 6.04 Å². The predicted octanol–water partition coefficient (Wildman–Crippen LogP) is 3.38. The van der Waals surface area contributed by atoms with Gasteiger partial charge in [-0.15, -0.1) is 0 Å². The third-order valence-corrected chi connectivity index (χ3v) is 4.76. The Morgan fingerprint density at radius 1 is 1.38 bits per heavy atom. The first-order chi connectivity index (χ1) is 12.5. The van der Waals surface area contributed by atoms with Crippen LogP contribution in [0.15, 0.2) is 24.3 Å². The molecule has 1 aromatic carbocycles. The summed E-state index contributed by atoms with van der Waals surface area (Å²) < 4.78 is 7.79. The summed E-state index contributed by atoms with van der Waals surface area (Å²) in [6, 6.07) is 7.82. The molecule has 2 unspecified atom stereocenters. The minimum Gasteiger partial charge on any atom is -0.481 e. The molecule has 0 fully saturated rings. The molecule has 2 atom stereocenters. The fraction of sp³-hybridized carbons (Fsp3) is 0.550. The Bertz CT molecular complexity index is 769. The zero-order valence-corrected chi connectivity index (χ0v) is 16.0. The number of rotatable bonds is 6. The summed E-state index contributed by atoms with van der Waals surface area (Å²) >= 11 is 0. The van der Waals surface area contributed by atoms with Gasteiger partial charge in [0.1, 0.15) is 11.6 Å². The third kappa shape index (κ3) is 4.06. The summed E-state index contributed by atoms with van der Waals surface area (Å²) in [6.45, 7) is 8.96. The number of hydrogen-bond donors (Lipinski definition) is 1.